The summed E-state index contributed by atoms with van der Waals surface area (Å²) in [6, 6.07) is 6.02. The van der Waals surface area contributed by atoms with Crippen molar-refractivity contribution in [2.24, 2.45) is 5.92 Å². The van der Waals surface area contributed by atoms with Crippen LogP contribution < -0.4 is 5.32 Å². The predicted octanol–water partition coefficient (Wildman–Crippen LogP) is 2.68. The molecule has 0 saturated carbocycles. The van der Waals surface area contributed by atoms with Gasteiger partial charge in [-0.3, -0.25) is 4.79 Å². The highest BCUT2D eigenvalue weighted by molar-refractivity contribution is 5.91. The molecule has 0 unspecified atom stereocenters. The van der Waals surface area contributed by atoms with Crippen molar-refractivity contribution in [3.63, 3.8) is 0 Å². The molecule has 1 aromatic rings. The Morgan fingerprint density at radius 3 is 2.85 bits per heavy atom. The van der Waals surface area contributed by atoms with E-state index in [0.29, 0.717) is 26.2 Å². The van der Waals surface area contributed by atoms with Gasteiger partial charge in [-0.2, -0.15) is 0 Å². The van der Waals surface area contributed by atoms with Crippen LogP contribution in [0.2, 0.25) is 0 Å². The largest absolute Gasteiger partial charge is 0.376 e. The van der Waals surface area contributed by atoms with E-state index in [1.54, 1.807) is 0 Å². The fraction of sp³-hybridized carbons (Fsp3) is 0.562. The molecule has 1 saturated heterocycles. The lowest BCUT2D eigenvalue weighted by Crippen LogP contribution is -2.35. The number of ether oxygens (including phenoxy) is 2. The van der Waals surface area contributed by atoms with Crippen molar-refractivity contribution in [2.45, 2.75) is 33.3 Å². The molecule has 4 heteroatoms. The Hall–Kier alpha value is -1.39. The van der Waals surface area contributed by atoms with Gasteiger partial charge in [0.05, 0.1) is 25.9 Å². The maximum Gasteiger partial charge on any atom is 0.224 e. The summed E-state index contributed by atoms with van der Waals surface area (Å²) in [6.07, 6.45) is 0.468. The minimum atomic E-state index is 0.0219. The van der Waals surface area contributed by atoms with Crippen LogP contribution in [0.1, 0.15) is 24.5 Å². The van der Waals surface area contributed by atoms with Gasteiger partial charge in [-0.1, -0.05) is 24.6 Å². The van der Waals surface area contributed by atoms with Gasteiger partial charge >= 0.3 is 0 Å². The van der Waals surface area contributed by atoms with Crippen molar-refractivity contribution in [2.75, 3.05) is 25.1 Å². The lowest BCUT2D eigenvalue weighted by atomic mass is 10.00. The van der Waals surface area contributed by atoms with E-state index in [1.807, 2.05) is 32.9 Å². The van der Waals surface area contributed by atoms with Crippen LogP contribution in [0.15, 0.2) is 18.2 Å². The van der Waals surface area contributed by atoms with E-state index in [4.69, 9.17) is 9.47 Å². The molecule has 0 spiro atoms. The summed E-state index contributed by atoms with van der Waals surface area (Å²) >= 11 is 0. The molecule has 1 amide bonds. The zero-order valence-corrected chi connectivity index (χ0v) is 12.4. The topological polar surface area (TPSA) is 47.6 Å². The van der Waals surface area contributed by atoms with Crippen LogP contribution in [0.4, 0.5) is 5.69 Å². The SMILES string of the molecule is Cc1ccc(NC(=O)C[C@@H](C)[C@H]2COCCO2)c(C)c1. The monoisotopic (exact) mass is 277 g/mol. The van der Waals surface area contributed by atoms with E-state index < -0.39 is 0 Å². The molecule has 4 nitrogen and oxygen atoms in total. The molecule has 1 aromatic carbocycles. The highest BCUT2D eigenvalue weighted by Gasteiger charge is 2.23. The zero-order chi connectivity index (χ0) is 14.5. The molecule has 1 fully saturated rings. The highest BCUT2D eigenvalue weighted by Crippen LogP contribution is 2.19. The second-order valence-electron chi connectivity index (χ2n) is 5.53. The molecule has 0 radical (unpaired) electrons. The maximum absolute atomic E-state index is 12.1. The number of amides is 1. The smallest absolute Gasteiger partial charge is 0.224 e. The molecule has 0 aromatic heterocycles. The predicted molar refractivity (Wildman–Crippen MR) is 78.9 cm³/mol. The fourth-order valence-electron chi connectivity index (χ4n) is 2.41. The molecule has 1 heterocycles. The maximum atomic E-state index is 12.1. The van der Waals surface area contributed by atoms with E-state index >= 15 is 0 Å². The van der Waals surface area contributed by atoms with Crippen LogP contribution >= 0.6 is 0 Å². The van der Waals surface area contributed by atoms with Crippen molar-refractivity contribution in [1.29, 1.82) is 0 Å². The Labute approximate surface area is 120 Å². The average Bonchev–Trinajstić information content (AvgIpc) is 2.43. The summed E-state index contributed by atoms with van der Waals surface area (Å²) in [7, 11) is 0. The van der Waals surface area contributed by atoms with Gasteiger partial charge < -0.3 is 14.8 Å². The number of hydrogen-bond donors (Lipinski definition) is 1. The normalized spacial score (nSPS) is 20.4. The van der Waals surface area contributed by atoms with Crippen LogP contribution in [-0.4, -0.2) is 31.8 Å². The van der Waals surface area contributed by atoms with Crippen LogP contribution in [0, 0.1) is 19.8 Å². The summed E-state index contributed by atoms with van der Waals surface area (Å²) < 4.78 is 11.0. The van der Waals surface area contributed by atoms with Gasteiger partial charge in [0, 0.05) is 12.1 Å². The molecule has 110 valence electrons. The first-order chi connectivity index (χ1) is 9.56. The van der Waals surface area contributed by atoms with Crippen LogP contribution in [0.5, 0.6) is 0 Å². The van der Waals surface area contributed by atoms with Crippen LogP contribution in [0.25, 0.3) is 0 Å². The number of carbonyl (C=O) groups excluding carboxylic acids is 1. The third-order valence-corrected chi connectivity index (χ3v) is 3.64. The number of nitrogens with one attached hydrogen (secondary N) is 1. The van der Waals surface area contributed by atoms with Gasteiger partial charge in [0.15, 0.2) is 0 Å². The van der Waals surface area contributed by atoms with E-state index in [-0.39, 0.29) is 17.9 Å². The van der Waals surface area contributed by atoms with Crippen LogP contribution in [-0.2, 0) is 14.3 Å². The van der Waals surface area contributed by atoms with Crippen molar-refractivity contribution in [3.05, 3.63) is 29.3 Å². The van der Waals surface area contributed by atoms with E-state index in [1.165, 1.54) is 5.56 Å². The Balaban J connectivity index is 1.88. The van der Waals surface area contributed by atoms with E-state index in [9.17, 15) is 4.79 Å². The van der Waals surface area contributed by atoms with Gasteiger partial charge in [0.25, 0.3) is 0 Å². The van der Waals surface area contributed by atoms with Gasteiger partial charge in [0.1, 0.15) is 0 Å². The summed E-state index contributed by atoms with van der Waals surface area (Å²) in [5.41, 5.74) is 3.17. The summed E-state index contributed by atoms with van der Waals surface area (Å²) in [6.45, 7) is 7.93. The lowest BCUT2D eigenvalue weighted by molar-refractivity contribution is -0.125. The number of benzene rings is 1. The third-order valence-electron chi connectivity index (χ3n) is 3.64. The Bertz CT molecular complexity index is 467. The summed E-state index contributed by atoms with van der Waals surface area (Å²) in [5, 5.41) is 2.97. The first-order valence-electron chi connectivity index (χ1n) is 7.12. The molecule has 0 bridgehead atoms. The molecule has 1 aliphatic heterocycles. The summed E-state index contributed by atoms with van der Waals surface area (Å²) in [4.78, 5) is 12.1. The van der Waals surface area contributed by atoms with E-state index in [0.717, 1.165) is 11.3 Å². The van der Waals surface area contributed by atoms with Crippen molar-refractivity contribution >= 4 is 11.6 Å². The van der Waals surface area contributed by atoms with Gasteiger partial charge in [-0.05, 0) is 31.4 Å². The minimum Gasteiger partial charge on any atom is -0.376 e. The highest BCUT2D eigenvalue weighted by atomic mass is 16.6. The number of hydrogen-bond acceptors (Lipinski definition) is 3. The first kappa shape index (κ1) is 15.0. The molecule has 20 heavy (non-hydrogen) atoms. The number of rotatable bonds is 4. The van der Waals surface area contributed by atoms with Crippen molar-refractivity contribution in [1.82, 2.24) is 0 Å². The second-order valence-corrected chi connectivity index (χ2v) is 5.53. The molecule has 2 atom stereocenters. The number of anilines is 1. The summed E-state index contributed by atoms with van der Waals surface area (Å²) in [5.74, 6) is 0.180. The fourth-order valence-corrected chi connectivity index (χ4v) is 2.41. The minimum absolute atomic E-state index is 0.0219. The lowest BCUT2D eigenvalue weighted by Gasteiger charge is -2.27. The zero-order valence-electron chi connectivity index (χ0n) is 12.4. The van der Waals surface area contributed by atoms with Gasteiger partial charge in [-0.15, -0.1) is 0 Å². The van der Waals surface area contributed by atoms with Crippen molar-refractivity contribution in [3.8, 4) is 0 Å². The Morgan fingerprint density at radius 1 is 1.40 bits per heavy atom. The Morgan fingerprint density at radius 2 is 2.20 bits per heavy atom. The molecule has 1 aliphatic rings. The molecule has 2 rings (SSSR count). The Kier molecular flexibility index (Phi) is 5.15. The standard InChI is InChI=1S/C16H23NO3/c1-11-4-5-14(12(2)8-11)17-16(18)9-13(3)15-10-19-6-7-20-15/h4-5,8,13,15H,6-7,9-10H2,1-3H3,(H,17,18)/t13-,15-/m1/s1. The quantitative estimate of drug-likeness (QED) is 0.920. The molecular formula is C16H23NO3. The number of carbonyl (C=O) groups is 1. The average molecular weight is 277 g/mol. The first-order valence-corrected chi connectivity index (χ1v) is 7.12. The molecule has 0 aliphatic carbocycles. The van der Waals surface area contributed by atoms with Crippen LogP contribution in [0.3, 0.4) is 0 Å². The van der Waals surface area contributed by atoms with E-state index in [2.05, 4.69) is 11.4 Å². The third kappa shape index (κ3) is 4.05. The molecule has 1 N–H and O–H groups in total. The van der Waals surface area contributed by atoms with Crippen molar-refractivity contribution < 1.29 is 14.3 Å². The second kappa shape index (κ2) is 6.86. The molecular weight excluding hydrogens is 254 g/mol. The number of aryl methyl sites for hydroxylation is 2. The van der Waals surface area contributed by atoms with Gasteiger partial charge in [0.2, 0.25) is 5.91 Å². The van der Waals surface area contributed by atoms with Gasteiger partial charge in [-0.25, -0.2) is 0 Å².